The average Bonchev–Trinajstić information content (AvgIpc) is 3.73. The fourth-order valence-corrected chi connectivity index (χ4v) is 8.88. The third-order valence-corrected chi connectivity index (χ3v) is 11.9. The standard InChI is InChI=1S/C60H41NO/c1-3-16-42(17-4-1)46-20-15-21-47(40-46)43-30-35-49(36-31-43)61(50-37-32-44(33-38-50)48-34-39-60-57(41-48)56-27-12-14-29-59(56)62-60)58-28-13-11-26-55(58)54-25-10-9-24-53(54)52-23-8-7-22-51(52)45-18-5-2-6-19-45/h1-41H. The van der Waals surface area contributed by atoms with Crippen molar-refractivity contribution < 1.29 is 4.42 Å². The summed E-state index contributed by atoms with van der Waals surface area (Å²) in [6.07, 6.45) is 0. The maximum atomic E-state index is 6.16. The largest absolute Gasteiger partial charge is 0.456 e. The first-order valence-corrected chi connectivity index (χ1v) is 21.2. The minimum absolute atomic E-state index is 0.899. The summed E-state index contributed by atoms with van der Waals surface area (Å²) in [6.45, 7) is 0. The summed E-state index contributed by atoms with van der Waals surface area (Å²) in [4.78, 5) is 2.40. The molecular formula is C60H41NO. The van der Waals surface area contributed by atoms with E-state index in [-0.39, 0.29) is 0 Å². The zero-order valence-electron chi connectivity index (χ0n) is 34.0. The molecule has 10 aromatic carbocycles. The molecule has 2 heteroatoms. The maximum absolute atomic E-state index is 6.16. The fourth-order valence-electron chi connectivity index (χ4n) is 8.88. The van der Waals surface area contributed by atoms with Gasteiger partial charge in [0.1, 0.15) is 11.2 Å². The minimum Gasteiger partial charge on any atom is -0.456 e. The van der Waals surface area contributed by atoms with E-state index in [1.165, 1.54) is 50.1 Å². The highest BCUT2D eigenvalue weighted by Gasteiger charge is 2.21. The molecule has 11 aromatic rings. The SMILES string of the molecule is c1ccc(-c2cccc(-c3ccc(N(c4ccc(-c5ccc6oc7ccccc7c6c5)cc4)c4ccccc4-c4ccccc4-c4ccccc4-c4ccccc4)cc3)c2)cc1. The van der Waals surface area contributed by atoms with Crippen LogP contribution in [0.2, 0.25) is 0 Å². The highest BCUT2D eigenvalue weighted by molar-refractivity contribution is 6.06. The van der Waals surface area contributed by atoms with Gasteiger partial charge >= 0.3 is 0 Å². The summed E-state index contributed by atoms with van der Waals surface area (Å²) in [5.74, 6) is 0. The Bertz CT molecular complexity index is 3330. The Labute approximate surface area is 362 Å². The molecule has 0 N–H and O–H groups in total. The van der Waals surface area contributed by atoms with Crippen LogP contribution in [0.1, 0.15) is 0 Å². The molecule has 0 saturated heterocycles. The van der Waals surface area contributed by atoms with E-state index in [1.807, 2.05) is 12.1 Å². The predicted octanol–water partition coefficient (Wildman–Crippen LogP) is 17.1. The van der Waals surface area contributed by atoms with Crippen LogP contribution in [-0.2, 0) is 0 Å². The second kappa shape index (κ2) is 16.1. The van der Waals surface area contributed by atoms with Gasteiger partial charge in [0.25, 0.3) is 0 Å². The lowest BCUT2D eigenvalue weighted by atomic mass is 9.88. The van der Waals surface area contributed by atoms with Crippen LogP contribution in [0.3, 0.4) is 0 Å². The van der Waals surface area contributed by atoms with Crippen molar-refractivity contribution in [2.75, 3.05) is 4.90 Å². The number of para-hydroxylation sites is 2. The maximum Gasteiger partial charge on any atom is 0.135 e. The Balaban J connectivity index is 1.03. The van der Waals surface area contributed by atoms with Crippen molar-refractivity contribution in [3.8, 4) is 66.8 Å². The van der Waals surface area contributed by atoms with Crippen LogP contribution in [0.5, 0.6) is 0 Å². The molecule has 0 amide bonds. The predicted molar refractivity (Wildman–Crippen MR) is 261 cm³/mol. The van der Waals surface area contributed by atoms with E-state index in [0.29, 0.717) is 0 Å². The highest BCUT2D eigenvalue weighted by atomic mass is 16.3. The van der Waals surface area contributed by atoms with Crippen LogP contribution < -0.4 is 4.90 Å². The number of benzene rings is 10. The molecular weight excluding hydrogens is 751 g/mol. The minimum atomic E-state index is 0.899. The summed E-state index contributed by atoms with van der Waals surface area (Å²) in [5, 5.41) is 2.25. The Morgan fingerprint density at radius 1 is 0.242 bits per heavy atom. The number of fused-ring (bicyclic) bond motifs is 3. The second-order valence-electron chi connectivity index (χ2n) is 15.7. The molecule has 292 valence electrons. The van der Waals surface area contributed by atoms with Crippen molar-refractivity contribution in [3.05, 3.63) is 249 Å². The Hall–Kier alpha value is -8.20. The Morgan fingerprint density at radius 3 is 1.31 bits per heavy atom. The lowest BCUT2D eigenvalue weighted by Crippen LogP contribution is -2.11. The van der Waals surface area contributed by atoms with E-state index in [9.17, 15) is 0 Å². The van der Waals surface area contributed by atoms with Crippen LogP contribution in [-0.4, -0.2) is 0 Å². The monoisotopic (exact) mass is 791 g/mol. The third-order valence-electron chi connectivity index (χ3n) is 11.9. The van der Waals surface area contributed by atoms with E-state index in [0.717, 1.165) is 55.7 Å². The summed E-state index contributed by atoms with van der Waals surface area (Å²) >= 11 is 0. The highest BCUT2D eigenvalue weighted by Crippen LogP contribution is 2.46. The van der Waals surface area contributed by atoms with Crippen LogP contribution in [0, 0.1) is 0 Å². The van der Waals surface area contributed by atoms with Crippen molar-refractivity contribution in [1.29, 1.82) is 0 Å². The molecule has 0 fully saturated rings. The van der Waals surface area contributed by atoms with Gasteiger partial charge in [0.2, 0.25) is 0 Å². The van der Waals surface area contributed by atoms with Gasteiger partial charge in [0.05, 0.1) is 5.69 Å². The first-order chi connectivity index (χ1) is 30.7. The number of hydrogen-bond acceptors (Lipinski definition) is 2. The Morgan fingerprint density at radius 2 is 0.661 bits per heavy atom. The zero-order valence-corrected chi connectivity index (χ0v) is 34.0. The van der Waals surface area contributed by atoms with Gasteiger partial charge in [0.15, 0.2) is 0 Å². The van der Waals surface area contributed by atoms with Gasteiger partial charge in [-0.05, 0) is 116 Å². The molecule has 0 unspecified atom stereocenters. The second-order valence-corrected chi connectivity index (χ2v) is 15.7. The van der Waals surface area contributed by atoms with Gasteiger partial charge < -0.3 is 9.32 Å². The molecule has 1 aromatic heterocycles. The summed E-state index contributed by atoms with van der Waals surface area (Å²) in [5.41, 5.74) is 19.2. The number of rotatable bonds is 9. The summed E-state index contributed by atoms with van der Waals surface area (Å²) in [7, 11) is 0. The fraction of sp³-hybridized carbons (Fsp3) is 0. The zero-order chi connectivity index (χ0) is 41.2. The van der Waals surface area contributed by atoms with Crippen molar-refractivity contribution in [1.82, 2.24) is 0 Å². The number of anilines is 3. The van der Waals surface area contributed by atoms with Gasteiger partial charge in [-0.2, -0.15) is 0 Å². The lowest BCUT2D eigenvalue weighted by molar-refractivity contribution is 0.669. The molecule has 11 rings (SSSR count). The van der Waals surface area contributed by atoms with Crippen molar-refractivity contribution in [2.24, 2.45) is 0 Å². The van der Waals surface area contributed by atoms with E-state index in [1.54, 1.807) is 0 Å². The molecule has 0 saturated carbocycles. The van der Waals surface area contributed by atoms with Gasteiger partial charge in [-0.15, -0.1) is 0 Å². The van der Waals surface area contributed by atoms with Crippen molar-refractivity contribution in [2.45, 2.75) is 0 Å². The van der Waals surface area contributed by atoms with E-state index in [4.69, 9.17) is 4.42 Å². The van der Waals surface area contributed by atoms with E-state index in [2.05, 4.69) is 241 Å². The quantitative estimate of drug-likeness (QED) is 0.145. The molecule has 1 heterocycles. The number of hydrogen-bond donors (Lipinski definition) is 0. The van der Waals surface area contributed by atoms with Crippen LogP contribution in [0.25, 0.3) is 88.7 Å². The normalized spacial score (nSPS) is 11.2. The molecule has 0 bridgehead atoms. The smallest absolute Gasteiger partial charge is 0.135 e. The van der Waals surface area contributed by atoms with Crippen molar-refractivity contribution >= 4 is 39.0 Å². The molecule has 0 aliphatic heterocycles. The van der Waals surface area contributed by atoms with Crippen LogP contribution >= 0.6 is 0 Å². The molecule has 2 nitrogen and oxygen atoms in total. The van der Waals surface area contributed by atoms with Gasteiger partial charge in [-0.25, -0.2) is 0 Å². The lowest BCUT2D eigenvalue weighted by Gasteiger charge is -2.29. The summed E-state index contributed by atoms with van der Waals surface area (Å²) < 4.78 is 6.16. The average molecular weight is 792 g/mol. The molecule has 0 radical (unpaired) electrons. The van der Waals surface area contributed by atoms with Crippen molar-refractivity contribution in [3.63, 3.8) is 0 Å². The third kappa shape index (κ3) is 6.94. The first kappa shape index (κ1) is 36.8. The molecule has 0 atom stereocenters. The molecule has 0 aliphatic rings. The van der Waals surface area contributed by atoms with Gasteiger partial charge in [-0.3, -0.25) is 0 Å². The van der Waals surface area contributed by atoms with Gasteiger partial charge in [-0.1, -0.05) is 194 Å². The van der Waals surface area contributed by atoms with E-state index >= 15 is 0 Å². The van der Waals surface area contributed by atoms with E-state index < -0.39 is 0 Å². The molecule has 62 heavy (non-hydrogen) atoms. The first-order valence-electron chi connectivity index (χ1n) is 21.2. The number of nitrogens with zero attached hydrogens (tertiary/aromatic N) is 1. The van der Waals surface area contributed by atoms with Gasteiger partial charge in [0, 0.05) is 27.7 Å². The number of furan rings is 1. The van der Waals surface area contributed by atoms with Crippen LogP contribution in [0.15, 0.2) is 253 Å². The molecule has 0 aliphatic carbocycles. The Kier molecular flexibility index (Phi) is 9.57. The summed E-state index contributed by atoms with van der Waals surface area (Å²) in [6, 6.07) is 89.2. The topological polar surface area (TPSA) is 16.4 Å². The van der Waals surface area contributed by atoms with Crippen LogP contribution in [0.4, 0.5) is 17.1 Å². The molecule has 0 spiro atoms.